The molecule has 476 valence electrons. The zero-order chi connectivity index (χ0) is 61.0. The van der Waals surface area contributed by atoms with E-state index in [2.05, 4.69) is 54.7 Å². The smallest absolute Gasteiger partial charge is 0.251 e. The summed E-state index contributed by atoms with van der Waals surface area (Å²) in [5.74, 6) is 0.946. The highest BCUT2D eigenvalue weighted by Gasteiger charge is 2.31. The van der Waals surface area contributed by atoms with E-state index < -0.39 is 0 Å². The predicted octanol–water partition coefficient (Wildman–Crippen LogP) is 17.5. The molecule has 0 saturated carbocycles. The van der Waals surface area contributed by atoms with Crippen molar-refractivity contribution < 1.29 is 38.3 Å². The minimum Gasteiger partial charge on any atom is -0.871 e. The monoisotopic (exact) mass is 1170 g/mol. The molecule has 2 aromatic carbocycles. The number of anilines is 1. The quantitative estimate of drug-likeness (QED) is 0.0380. The lowest BCUT2D eigenvalue weighted by atomic mass is 9.80. The van der Waals surface area contributed by atoms with Crippen LogP contribution in [0.2, 0.25) is 0 Å². The molecular formula is C74H118N4O7. The lowest BCUT2D eigenvalue weighted by Gasteiger charge is -2.32. The van der Waals surface area contributed by atoms with Gasteiger partial charge in [-0.05, 0) is 79.7 Å². The Morgan fingerprint density at radius 3 is 1.34 bits per heavy atom. The molecule has 2 aliphatic rings. The molecule has 11 nitrogen and oxygen atoms in total. The summed E-state index contributed by atoms with van der Waals surface area (Å²) in [5, 5.41) is 19.4. The second-order valence-electron chi connectivity index (χ2n) is 24.2. The van der Waals surface area contributed by atoms with Gasteiger partial charge in [0.25, 0.3) is 5.91 Å². The van der Waals surface area contributed by atoms with E-state index in [1.165, 1.54) is 154 Å². The molecule has 0 bridgehead atoms. The summed E-state index contributed by atoms with van der Waals surface area (Å²) in [4.78, 5) is 42.7. The van der Waals surface area contributed by atoms with Crippen LogP contribution >= 0.6 is 0 Å². The number of carbonyl (C=O) groups is 3. The molecule has 0 radical (unpaired) electrons. The predicted molar refractivity (Wildman–Crippen MR) is 355 cm³/mol. The Hall–Kier alpha value is -5.32. The van der Waals surface area contributed by atoms with E-state index in [-0.39, 0.29) is 41.0 Å². The van der Waals surface area contributed by atoms with Crippen LogP contribution in [-0.4, -0.2) is 87.5 Å². The highest BCUT2D eigenvalue weighted by atomic mass is 16.5. The normalized spacial score (nSPS) is 13.0. The Kier molecular flexibility index (Phi) is 39.0. The second kappa shape index (κ2) is 45.9. The molecule has 4 rings (SSSR count). The van der Waals surface area contributed by atoms with E-state index in [1.807, 2.05) is 67.7 Å². The van der Waals surface area contributed by atoms with Gasteiger partial charge in [0.2, 0.25) is 11.7 Å². The zero-order valence-corrected chi connectivity index (χ0v) is 54.6. The number of ketones is 1. The molecule has 2 amide bonds. The van der Waals surface area contributed by atoms with Gasteiger partial charge in [-0.2, -0.15) is 0 Å². The van der Waals surface area contributed by atoms with Crippen LogP contribution < -0.4 is 34.9 Å². The van der Waals surface area contributed by atoms with Crippen molar-refractivity contribution in [3.63, 3.8) is 0 Å². The van der Waals surface area contributed by atoms with Crippen molar-refractivity contribution in [2.24, 2.45) is 0 Å². The van der Waals surface area contributed by atoms with Crippen molar-refractivity contribution in [3.05, 3.63) is 88.7 Å². The van der Waals surface area contributed by atoms with E-state index in [0.29, 0.717) is 79.7 Å². The highest BCUT2D eigenvalue weighted by Crippen LogP contribution is 2.41. The summed E-state index contributed by atoms with van der Waals surface area (Å²) in [6, 6.07) is 11.5. The average Bonchev–Trinajstić information content (AvgIpc) is 1.47. The van der Waals surface area contributed by atoms with E-state index in [9.17, 15) is 19.5 Å². The summed E-state index contributed by atoms with van der Waals surface area (Å²) in [7, 11) is 1.97. The fraction of sp³-hybridized carbons (Fsp3) is 0.676. The Labute approximate surface area is 517 Å². The summed E-state index contributed by atoms with van der Waals surface area (Å²) >= 11 is 0. The van der Waals surface area contributed by atoms with Crippen LogP contribution in [0.5, 0.6) is 17.2 Å². The molecule has 0 heterocycles. The molecule has 0 aromatic heterocycles. The number of hydrogen-bond donors (Lipinski definition) is 2. The second-order valence-corrected chi connectivity index (χ2v) is 24.2. The maximum Gasteiger partial charge on any atom is 0.251 e. The van der Waals surface area contributed by atoms with Gasteiger partial charge in [0.1, 0.15) is 13.6 Å². The van der Waals surface area contributed by atoms with Crippen molar-refractivity contribution in [3.8, 4) is 17.2 Å². The number of benzene rings is 2. The molecule has 0 atom stereocenters. The molecule has 11 heteroatoms. The summed E-state index contributed by atoms with van der Waals surface area (Å²) in [6.45, 7) is 16.0. The molecule has 2 N–H and O–H groups in total. The fourth-order valence-electron chi connectivity index (χ4n) is 11.3. The van der Waals surface area contributed by atoms with Crippen LogP contribution in [0.25, 0.3) is 5.57 Å². The van der Waals surface area contributed by atoms with Gasteiger partial charge in [0, 0.05) is 73.6 Å². The lowest BCUT2D eigenvalue weighted by Crippen LogP contribution is -2.34. The minimum atomic E-state index is -0.254. The molecule has 0 spiro atoms. The Morgan fingerprint density at radius 2 is 0.906 bits per heavy atom. The largest absolute Gasteiger partial charge is 0.871 e. The molecule has 85 heavy (non-hydrogen) atoms. The third kappa shape index (κ3) is 28.8. The Morgan fingerprint density at radius 1 is 0.494 bits per heavy atom. The van der Waals surface area contributed by atoms with Gasteiger partial charge in [-0.1, -0.05) is 239 Å². The molecule has 0 unspecified atom stereocenters. The number of unbranched alkanes of at least 4 members (excludes halogenated alkanes) is 29. The average molecular weight is 1180 g/mol. The third-order valence-corrected chi connectivity index (χ3v) is 16.8. The first-order chi connectivity index (χ1) is 41.7. The van der Waals surface area contributed by atoms with Crippen molar-refractivity contribution in [2.75, 3.05) is 64.5 Å². The number of allylic oxidation sites excluding steroid dienone is 7. The van der Waals surface area contributed by atoms with Crippen LogP contribution in [0.1, 0.15) is 282 Å². The maximum absolute atomic E-state index is 13.9. The van der Waals surface area contributed by atoms with Crippen LogP contribution in [0.4, 0.5) is 5.69 Å². The summed E-state index contributed by atoms with van der Waals surface area (Å²) < 4.78 is 21.7. The first-order valence-corrected chi connectivity index (χ1v) is 34.8. The van der Waals surface area contributed by atoms with Crippen LogP contribution in [0, 0.1) is 0 Å². The van der Waals surface area contributed by atoms with Crippen molar-refractivity contribution in [2.45, 2.75) is 266 Å². The van der Waals surface area contributed by atoms with Crippen molar-refractivity contribution in [1.82, 2.24) is 10.6 Å². The van der Waals surface area contributed by atoms with E-state index in [0.717, 1.165) is 88.7 Å². The number of ether oxygens (including phenoxy) is 3. The number of Topliss-reactive ketones (excluding diaryl/α,β-unsaturated/α-hetero) is 1. The lowest BCUT2D eigenvalue weighted by molar-refractivity contribution is -0.496. The number of amides is 2. The molecular weight excluding hydrogens is 1060 g/mol. The number of nitrogens with zero attached hydrogens (tertiary/aromatic N) is 2. The van der Waals surface area contributed by atoms with E-state index in [1.54, 1.807) is 0 Å². The molecule has 0 fully saturated rings. The molecule has 2 aromatic rings. The van der Waals surface area contributed by atoms with Crippen LogP contribution in [0.15, 0.2) is 77.6 Å². The molecule has 0 saturated heterocycles. The van der Waals surface area contributed by atoms with Gasteiger partial charge >= 0.3 is 0 Å². The first-order valence-electron chi connectivity index (χ1n) is 34.8. The standard InChI is InChI=1S/C74H118N4O7/c1-7-12-17-20-23-26-29-32-35-38-56-83-66-59-63(60-67(84-57-39-36-33-30-27-24-21-18-13-8-2)73(66)85-58-40-37-34-31-28-25-22-19-14-9-3)74(82)76-52-51-75-68(79)42-41-53-77(6)64-47-43-61(44-48-64)69-71(80)70(72(69)81)62-45-49-65(50-46-62)78(54-15-10-4)55-16-11-5/h43-50,59-60H,7-42,51-58H2,1-6H3,(H2-,75,76,79,80,81,82). The van der Waals surface area contributed by atoms with Gasteiger partial charge < -0.3 is 34.9 Å². The summed E-state index contributed by atoms with van der Waals surface area (Å²) in [6.07, 6.45) is 50.2. The number of carbonyl (C=O) groups excluding carboxylic acids is 3. The maximum atomic E-state index is 13.9. The number of hydrogen-bond acceptors (Lipinski definition) is 8. The van der Waals surface area contributed by atoms with Gasteiger partial charge in [0.15, 0.2) is 23.0 Å². The van der Waals surface area contributed by atoms with Crippen LogP contribution in [-0.2, 0) is 9.59 Å². The Balaban J connectivity index is 1.31. The van der Waals surface area contributed by atoms with Crippen molar-refractivity contribution in [1.29, 1.82) is 0 Å². The molecule has 0 aliphatic heterocycles. The minimum absolute atomic E-state index is 0.0855. The number of nitrogens with one attached hydrogen (secondary N) is 2. The highest BCUT2D eigenvalue weighted by molar-refractivity contribution is 6.39. The fourth-order valence-corrected chi connectivity index (χ4v) is 11.3. The van der Waals surface area contributed by atoms with Gasteiger partial charge in [-0.15, -0.1) is 0 Å². The SMILES string of the molecule is CCCCCCCCCCCCOc1cc(C(=O)NCCNC(=O)CCC[N+](C)=C2C=CC(=C3C(=O)C(c4ccc(N(CCCC)CCCC)cc4)=C3[O-])C=C2)cc(OCCCCCCCCCCCC)c1OCCCCCCCCCCCC. The third-order valence-electron chi connectivity index (χ3n) is 16.8. The number of rotatable bonds is 52. The first kappa shape index (κ1) is 72.2. The topological polar surface area (TPSA) is 132 Å². The summed E-state index contributed by atoms with van der Waals surface area (Å²) in [5.41, 5.74) is 4.27. The van der Waals surface area contributed by atoms with Gasteiger partial charge in [0.05, 0.1) is 19.8 Å². The van der Waals surface area contributed by atoms with E-state index >= 15 is 0 Å². The van der Waals surface area contributed by atoms with Crippen molar-refractivity contribution >= 4 is 34.6 Å². The van der Waals surface area contributed by atoms with E-state index in [4.69, 9.17) is 14.2 Å². The van der Waals surface area contributed by atoms with Crippen LogP contribution in [0.3, 0.4) is 0 Å². The Bertz CT molecular complexity index is 2270. The van der Waals surface area contributed by atoms with Gasteiger partial charge in [-0.25, -0.2) is 4.58 Å². The zero-order valence-electron chi connectivity index (χ0n) is 54.6. The van der Waals surface area contributed by atoms with Gasteiger partial charge in [-0.3, -0.25) is 14.4 Å². The molecule has 2 aliphatic carbocycles.